The van der Waals surface area contributed by atoms with Gasteiger partial charge in [-0.15, -0.1) is 0 Å². The van der Waals surface area contributed by atoms with Crippen molar-refractivity contribution >= 4 is 17.2 Å². The van der Waals surface area contributed by atoms with Gasteiger partial charge in [0.15, 0.2) is 5.65 Å². The number of aromatic nitrogens is 3. The summed E-state index contributed by atoms with van der Waals surface area (Å²) in [6.45, 7) is 7.12. The monoisotopic (exact) mass is 560 g/mol. The first-order valence-electron chi connectivity index (χ1n) is 13.4. The third-order valence-corrected chi connectivity index (χ3v) is 7.26. The molecule has 0 spiro atoms. The summed E-state index contributed by atoms with van der Waals surface area (Å²) in [6.07, 6.45) is -1.99. The number of benzene rings is 2. The topological polar surface area (TPSA) is 65.8 Å². The van der Waals surface area contributed by atoms with Gasteiger partial charge in [0.2, 0.25) is 0 Å². The van der Waals surface area contributed by atoms with Crippen LogP contribution in [0.4, 0.5) is 18.9 Å². The molecular weight excluding hydrogens is 529 g/mol. The molecule has 0 radical (unpaired) electrons. The number of aryl methyl sites for hydroxylation is 2. The molecule has 1 N–H and O–H groups in total. The molecule has 2 aromatic heterocycles. The lowest BCUT2D eigenvalue weighted by Gasteiger charge is -2.23. The summed E-state index contributed by atoms with van der Waals surface area (Å²) in [4.78, 5) is 21.8. The second kappa shape index (κ2) is 11.7. The second-order valence-corrected chi connectivity index (χ2v) is 10.4. The molecule has 0 aliphatic carbocycles. The molecule has 0 unspecified atom stereocenters. The minimum Gasteiger partial charge on any atom is -0.322 e. The molecule has 7 nitrogen and oxygen atoms in total. The SMILES string of the molecule is Cc1ccc(C(=O)Nc2ccc(CN3CCCN(C)CC3)c(C(F)(F)F)c2)cc1C#Cc1c(C)nc2cccnn12. The highest BCUT2D eigenvalue weighted by molar-refractivity contribution is 6.04. The zero-order chi connectivity index (χ0) is 29.1. The number of likely N-dealkylation sites (N-methyl/N-ethyl adjacent to an activating group) is 1. The normalized spacial score (nSPS) is 14.9. The molecule has 1 aliphatic heterocycles. The molecule has 1 fully saturated rings. The summed E-state index contributed by atoms with van der Waals surface area (Å²) in [5.74, 6) is 5.69. The van der Waals surface area contributed by atoms with Gasteiger partial charge in [0.05, 0.1) is 11.3 Å². The second-order valence-electron chi connectivity index (χ2n) is 10.4. The Morgan fingerprint density at radius 2 is 1.85 bits per heavy atom. The zero-order valence-corrected chi connectivity index (χ0v) is 23.2. The molecule has 2 aromatic carbocycles. The van der Waals surface area contributed by atoms with Crippen LogP contribution in [0.3, 0.4) is 0 Å². The van der Waals surface area contributed by atoms with Crippen molar-refractivity contribution in [2.75, 3.05) is 38.5 Å². The molecule has 0 atom stereocenters. The van der Waals surface area contributed by atoms with Crippen LogP contribution < -0.4 is 5.32 Å². The van der Waals surface area contributed by atoms with E-state index in [1.165, 1.54) is 12.1 Å². The number of nitrogens with zero attached hydrogens (tertiary/aromatic N) is 5. The highest BCUT2D eigenvalue weighted by Gasteiger charge is 2.34. The predicted molar refractivity (Wildman–Crippen MR) is 152 cm³/mol. The Kier molecular flexibility index (Phi) is 8.10. The Bertz CT molecular complexity index is 1650. The van der Waals surface area contributed by atoms with E-state index >= 15 is 0 Å². The van der Waals surface area contributed by atoms with E-state index in [9.17, 15) is 18.0 Å². The lowest BCUT2D eigenvalue weighted by molar-refractivity contribution is -0.138. The van der Waals surface area contributed by atoms with E-state index in [0.29, 0.717) is 29.0 Å². The summed E-state index contributed by atoms with van der Waals surface area (Å²) < 4.78 is 43.8. The number of hydrogen-bond acceptors (Lipinski definition) is 5. The fraction of sp³-hybridized carbons (Fsp3) is 0.323. The van der Waals surface area contributed by atoms with Gasteiger partial charge in [-0.05, 0) is 93.9 Å². The number of carbonyl (C=O) groups excluding carboxylic acids is 1. The number of alkyl halides is 3. The van der Waals surface area contributed by atoms with E-state index in [4.69, 9.17) is 0 Å². The van der Waals surface area contributed by atoms with Gasteiger partial charge < -0.3 is 10.2 Å². The number of fused-ring (bicyclic) bond motifs is 1. The molecule has 5 rings (SSSR count). The molecule has 3 heterocycles. The van der Waals surface area contributed by atoms with Crippen LogP contribution in [0.1, 0.15) is 50.4 Å². The fourth-order valence-electron chi connectivity index (χ4n) is 4.93. The van der Waals surface area contributed by atoms with Crippen LogP contribution in [0, 0.1) is 25.7 Å². The summed E-state index contributed by atoms with van der Waals surface area (Å²) in [5.41, 5.74) is 3.38. The third kappa shape index (κ3) is 6.59. The maximum Gasteiger partial charge on any atom is 0.416 e. The van der Waals surface area contributed by atoms with Crippen LogP contribution in [-0.2, 0) is 12.7 Å². The van der Waals surface area contributed by atoms with Crippen LogP contribution in [-0.4, -0.2) is 63.5 Å². The number of carbonyl (C=O) groups is 1. The molecule has 212 valence electrons. The Hall–Kier alpha value is -4.20. The van der Waals surface area contributed by atoms with Gasteiger partial charge in [-0.25, -0.2) is 9.50 Å². The van der Waals surface area contributed by atoms with E-state index in [1.54, 1.807) is 35.0 Å². The average molecular weight is 561 g/mol. The summed E-state index contributed by atoms with van der Waals surface area (Å²) in [5, 5.41) is 6.94. The van der Waals surface area contributed by atoms with Gasteiger partial charge in [-0.2, -0.15) is 18.3 Å². The molecule has 0 saturated carbocycles. The first-order chi connectivity index (χ1) is 19.6. The van der Waals surface area contributed by atoms with Crippen LogP contribution in [0.25, 0.3) is 5.65 Å². The molecular formula is C31H31F3N6O. The maximum atomic E-state index is 14.0. The highest BCUT2D eigenvalue weighted by atomic mass is 19.4. The number of nitrogens with one attached hydrogen (secondary N) is 1. The van der Waals surface area contributed by atoms with Crippen molar-refractivity contribution in [3.63, 3.8) is 0 Å². The number of halogens is 3. The minimum atomic E-state index is -4.55. The Morgan fingerprint density at radius 3 is 2.66 bits per heavy atom. The van der Waals surface area contributed by atoms with E-state index in [2.05, 4.69) is 32.1 Å². The van der Waals surface area contributed by atoms with Crippen molar-refractivity contribution in [3.05, 3.63) is 93.9 Å². The molecule has 41 heavy (non-hydrogen) atoms. The predicted octanol–water partition coefficient (Wildman–Crippen LogP) is 5.15. The van der Waals surface area contributed by atoms with E-state index < -0.39 is 17.6 Å². The quantitative estimate of drug-likeness (QED) is 0.350. The van der Waals surface area contributed by atoms with Gasteiger partial charge in [0.1, 0.15) is 5.69 Å². The first kappa shape index (κ1) is 28.3. The van der Waals surface area contributed by atoms with Gasteiger partial charge >= 0.3 is 6.18 Å². The summed E-state index contributed by atoms with van der Waals surface area (Å²) in [6, 6.07) is 12.7. The number of anilines is 1. The molecule has 4 aromatic rings. The maximum absolute atomic E-state index is 14.0. The summed E-state index contributed by atoms with van der Waals surface area (Å²) in [7, 11) is 2.02. The van der Waals surface area contributed by atoms with Gasteiger partial charge in [-0.1, -0.05) is 18.1 Å². The van der Waals surface area contributed by atoms with Crippen molar-refractivity contribution in [1.29, 1.82) is 0 Å². The molecule has 10 heteroatoms. The molecule has 1 amide bonds. The lowest BCUT2D eigenvalue weighted by atomic mass is 10.0. The van der Waals surface area contributed by atoms with Crippen LogP contribution in [0.2, 0.25) is 0 Å². The molecule has 1 aliphatic rings. The number of amides is 1. The smallest absolute Gasteiger partial charge is 0.322 e. The summed E-state index contributed by atoms with van der Waals surface area (Å²) >= 11 is 0. The van der Waals surface area contributed by atoms with E-state index in [-0.39, 0.29) is 17.8 Å². The Balaban J connectivity index is 1.36. The van der Waals surface area contributed by atoms with Crippen molar-refractivity contribution in [3.8, 4) is 11.8 Å². The third-order valence-electron chi connectivity index (χ3n) is 7.26. The van der Waals surface area contributed by atoms with Crippen LogP contribution in [0.5, 0.6) is 0 Å². The molecule has 0 bridgehead atoms. The van der Waals surface area contributed by atoms with Crippen molar-refractivity contribution < 1.29 is 18.0 Å². The van der Waals surface area contributed by atoms with Crippen molar-refractivity contribution in [1.82, 2.24) is 24.4 Å². The van der Waals surface area contributed by atoms with Crippen LogP contribution >= 0.6 is 0 Å². The minimum absolute atomic E-state index is 0.0855. The van der Waals surface area contributed by atoms with E-state index in [0.717, 1.165) is 43.4 Å². The first-order valence-corrected chi connectivity index (χ1v) is 13.4. The standard InChI is InChI=1S/C31H31F3N6O/c1-21-7-8-24(18-23(21)10-12-28-22(2)36-29-6-4-13-35-40(28)29)30(41)37-26-11-9-25(27(19-26)31(32,33)34)20-39-15-5-14-38(3)16-17-39/h4,6-9,11,13,18-19H,5,14-17,20H2,1-3H3,(H,37,41). The van der Waals surface area contributed by atoms with Gasteiger partial charge in [-0.3, -0.25) is 9.69 Å². The largest absolute Gasteiger partial charge is 0.416 e. The van der Waals surface area contributed by atoms with Gasteiger partial charge in [0.25, 0.3) is 5.91 Å². The number of rotatable bonds is 4. The average Bonchev–Trinajstić information content (AvgIpc) is 3.11. The zero-order valence-electron chi connectivity index (χ0n) is 23.2. The highest BCUT2D eigenvalue weighted by Crippen LogP contribution is 2.34. The molecule has 1 saturated heterocycles. The Labute approximate surface area is 237 Å². The number of hydrogen-bond donors (Lipinski definition) is 1. The van der Waals surface area contributed by atoms with Crippen molar-refractivity contribution in [2.45, 2.75) is 33.0 Å². The van der Waals surface area contributed by atoms with E-state index in [1.807, 2.05) is 31.9 Å². The number of imidazole rings is 1. The van der Waals surface area contributed by atoms with Crippen LogP contribution in [0.15, 0.2) is 54.7 Å². The lowest BCUT2D eigenvalue weighted by Crippen LogP contribution is -2.29. The van der Waals surface area contributed by atoms with Gasteiger partial charge in [0, 0.05) is 42.6 Å². The van der Waals surface area contributed by atoms with Crippen molar-refractivity contribution in [2.24, 2.45) is 0 Å². The Morgan fingerprint density at radius 1 is 1.02 bits per heavy atom. The fourth-order valence-corrected chi connectivity index (χ4v) is 4.93.